The monoisotopic (exact) mass is 631 g/mol. The van der Waals surface area contributed by atoms with Crippen molar-refractivity contribution in [3.63, 3.8) is 0 Å². The predicted molar refractivity (Wildman–Crippen MR) is 180 cm³/mol. The topological polar surface area (TPSA) is 144 Å². The van der Waals surface area contributed by atoms with Crippen molar-refractivity contribution in [2.45, 2.75) is 46.2 Å². The highest BCUT2D eigenvalue weighted by molar-refractivity contribution is 5.98. The third-order valence-corrected chi connectivity index (χ3v) is 9.03. The van der Waals surface area contributed by atoms with Gasteiger partial charge in [0.15, 0.2) is 11.6 Å². The number of hydrogen-bond donors (Lipinski definition) is 2. The minimum Gasteiger partial charge on any atom is -0.378 e. The molecule has 1 saturated heterocycles. The molecule has 0 spiro atoms. The van der Waals surface area contributed by atoms with Crippen LogP contribution in [0.25, 0.3) is 28.0 Å². The number of nitrogens with two attached hydrogens (primary N) is 1. The van der Waals surface area contributed by atoms with Crippen LogP contribution in [-0.2, 0) is 22.5 Å². The average Bonchev–Trinajstić information content (AvgIpc) is 3.43. The summed E-state index contributed by atoms with van der Waals surface area (Å²) in [6.45, 7) is 8.51. The molecule has 7 rings (SSSR count). The van der Waals surface area contributed by atoms with Crippen molar-refractivity contribution in [2.75, 3.05) is 41.8 Å². The summed E-state index contributed by atoms with van der Waals surface area (Å²) in [5.74, 6) is 1.21. The van der Waals surface area contributed by atoms with Gasteiger partial charge in [0, 0.05) is 50.7 Å². The number of benzene rings is 2. The first-order valence-corrected chi connectivity index (χ1v) is 15.9. The Balaban J connectivity index is 1.11. The molecule has 5 heterocycles. The summed E-state index contributed by atoms with van der Waals surface area (Å²) >= 11 is 0. The number of fused-ring (bicyclic) bond motifs is 2. The number of nitrogens with one attached hydrogen (secondary N) is 1. The fourth-order valence-corrected chi connectivity index (χ4v) is 6.48. The summed E-state index contributed by atoms with van der Waals surface area (Å²) in [5, 5.41) is 7.84. The molecular formula is C35H37N9O3. The smallest absolute Gasteiger partial charge is 0.253 e. The normalized spacial score (nSPS) is 16.3. The van der Waals surface area contributed by atoms with Crippen molar-refractivity contribution in [3.05, 3.63) is 83.3 Å². The molecule has 12 heteroatoms. The van der Waals surface area contributed by atoms with E-state index in [1.807, 2.05) is 30.0 Å². The summed E-state index contributed by atoms with van der Waals surface area (Å²) < 4.78 is 7.34. The average molecular weight is 632 g/mol. The Bertz CT molecular complexity index is 1970. The second-order valence-electron chi connectivity index (χ2n) is 12.1. The van der Waals surface area contributed by atoms with Gasteiger partial charge in [-0.1, -0.05) is 30.3 Å². The Kier molecular flexibility index (Phi) is 8.02. The number of rotatable bonds is 6. The van der Waals surface area contributed by atoms with Crippen LogP contribution in [0.3, 0.4) is 0 Å². The summed E-state index contributed by atoms with van der Waals surface area (Å²) in [6, 6.07) is 16.6. The molecule has 1 fully saturated rings. The molecule has 2 aliphatic rings. The van der Waals surface area contributed by atoms with Crippen LogP contribution in [0.5, 0.6) is 0 Å². The summed E-state index contributed by atoms with van der Waals surface area (Å²) in [7, 11) is 0. The fraction of sp³-hybridized carbons (Fsp3) is 0.314. The number of hydrogen-bond acceptors (Lipinski definition) is 9. The van der Waals surface area contributed by atoms with Crippen LogP contribution in [0.4, 0.5) is 17.5 Å². The van der Waals surface area contributed by atoms with E-state index in [1.165, 1.54) is 5.56 Å². The van der Waals surface area contributed by atoms with Crippen LogP contribution in [0.2, 0.25) is 0 Å². The molecule has 1 atom stereocenters. The lowest BCUT2D eigenvalue weighted by Crippen LogP contribution is -2.40. The number of carbonyl (C=O) groups excluding carboxylic acids is 2. The number of aromatic nitrogens is 5. The quantitative estimate of drug-likeness (QED) is 0.282. The van der Waals surface area contributed by atoms with Gasteiger partial charge in [-0.2, -0.15) is 0 Å². The van der Waals surface area contributed by atoms with E-state index in [0.717, 1.165) is 46.6 Å². The summed E-state index contributed by atoms with van der Waals surface area (Å²) in [5.41, 5.74) is 13.7. The highest BCUT2D eigenvalue weighted by atomic mass is 16.5. The lowest BCUT2D eigenvalue weighted by molar-refractivity contribution is -0.117. The highest BCUT2D eigenvalue weighted by Gasteiger charge is 2.27. The number of anilines is 3. The van der Waals surface area contributed by atoms with Gasteiger partial charge in [0.1, 0.15) is 5.52 Å². The lowest BCUT2D eigenvalue weighted by Gasteiger charge is -2.34. The maximum absolute atomic E-state index is 13.5. The van der Waals surface area contributed by atoms with Crippen LogP contribution in [-0.4, -0.2) is 68.7 Å². The number of carbonyl (C=O) groups is 2. The zero-order valence-corrected chi connectivity index (χ0v) is 26.7. The van der Waals surface area contributed by atoms with Gasteiger partial charge in [-0.3, -0.25) is 9.59 Å². The van der Waals surface area contributed by atoms with E-state index in [0.29, 0.717) is 55.5 Å². The van der Waals surface area contributed by atoms with Gasteiger partial charge >= 0.3 is 0 Å². The maximum atomic E-state index is 13.5. The largest absolute Gasteiger partial charge is 0.378 e. The summed E-state index contributed by atoms with van der Waals surface area (Å²) in [6.07, 6.45) is 5.09. The van der Waals surface area contributed by atoms with Gasteiger partial charge in [0.25, 0.3) is 5.91 Å². The van der Waals surface area contributed by atoms with Crippen molar-refractivity contribution in [3.8, 4) is 22.5 Å². The van der Waals surface area contributed by atoms with Crippen molar-refractivity contribution < 1.29 is 14.3 Å². The van der Waals surface area contributed by atoms with E-state index in [-0.39, 0.29) is 23.8 Å². The standard InChI is InChI=1S/C35H37N9O3/c1-21-4-7-27-16-26(10-11-30(27)43(21)23(3)45)25-8-5-24(6-9-25)18-37-34(46)29-17-31-33(42-12-14-47-15-13-42)40-32(41-44(31)22(29)2)28-19-38-35(36)39-20-28/h5-6,8-11,16-17,19-21H,4,7,12-15,18H2,1-3H3,(H,37,46)(H2,36,38,39)/t21-/m0/s1. The van der Waals surface area contributed by atoms with Gasteiger partial charge in [-0.25, -0.2) is 19.5 Å². The molecule has 5 aromatic rings. The lowest BCUT2D eigenvalue weighted by atomic mass is 9.93. The molecule has 240 valence electrons. The molecule has 0 radical (unpaired) electrons. The number of morpholine rings is 1. The molecule has 2 aromatic carbocycles. The maximum Gasteiger partial charge on any atom is 0.253 e. The number of aryl methyl sites for hydroxylation is 2. The zero-order valence-electron chi connectivity index (χ0n) is 26.7. The molecule has 0 unspecified atom stereocenters. The third kappa shape index (κ3) is 5.87. The van der Waals surface area contributed by atoms with E-state index in [9.17, 15) is 9.59 Å². The van der Waals surface area contributed by atoms with E-state index in [1.54, 1.807) is 23.8 Å². The summed E-state index contributed by atoms with van der Waals surface area (Å²) in [4.78, 5) is 42.9. The molecule has 2 amide bonds. The van der Waals surface area contributed by atoms with Crippen molar-refractivity contribution in [1.82, 2.24) is 29.9 Å². The third-order valence-electron chi connectivity index (χ3n) is 9.03. The Morgan fingerprint density at radius 2 is 1.72 bits per heavy atom. The van der Waals surface area contributed by atoms with Crippen molar-refractivity contribution in [1.29, 1.82) is 0 Å². The fourth-order valence-electron chi connectivity index (χ4n) is 6.48. The molecule has 3 aromatic heterocycles. The Morgan fingerprint density at radius 3 is 2.45 bits per heavy atom. The van der Waals surface area contributed by atoms with Gasteiger partial charge < -0.3 is 25.6 Å². The predicted octanol–water partition coefficient (Wildman–Crippen LogP) is 4.20. The van der Waals surface area contributed by atoms with Crippen molar-refractivity contribution in [2.24, 2.45) is 0 Å². The number of nitrogen functional groups attached to an aromatic ring is 1. The molecule has 0 bridgehead atoms. The van der Waals surface area contributed by atoms with Crippen LogP contribution in [0.1, 0.15) is 47.4 Å². The minimum absolute atomic E-state index is 0.0738. The van der Waals surface area contributed by atoms with Gasteiger partial charge in [-0.05, 0) is 67.1 Å². The van der Waals surface area contributed by atoms with E-state index in [4.69, 9.17) is 20.6 Å². The first-order chi connectivity index (χ1) is 22.8. The molecule has 47 heavy (non-hydrogen) atoms. The van der Waals surface area contributed by atoms with Gasteiger partial charge in [0.05, 0.1) is 30.0 Å². The zero-order chi connectivity index (χ0) is 32.7. The van der Waals surface area contributed by atoms with Gasteiger partial charge in [0.2, 0.25) is 11.9 Å². The van der Waals surface area contributed by atoms with Crippen LogP contribution < -0.4 is 20.9 Å². The number of ether oxygens (including phenoxy) is 1. The second kappa shape index (κ2) is 12.4. The van der Waals surface area contributed by atoms with E-state index < -0.39 is 0 Å². The number of amides is 2. The van der Waals surface area contributed by atoms with E-state index >= 15 is 0 Å². The SMILES string of the molecule is CC(=O)N1c2ccc(-c3ccc(CNC(=O)c4cc5c(N6CCOCC6)nc(-c6cnc(N)nc6)nn5c4C)cc3)cc2CC[C@@H]1C. The van der Waals surface area contributed by atoms with Crippen LogP contribution in [0, 0.1) is 6.92 Å². The molecular weight excluding hydrogens is 594 g/mol. The Hall–Kier alpha value is -5.36. The highest BCUT2D eigenvalue weighted by Crippen LogP contribution is 2.34. The van der Waals surface area contributed by atoms with Crippen LogP contribution >= 0.6 is 0 Å². The Labute approximate surface area is 272 Å². The molecule has 0 aliphatic carbocycles. The molecule has 3 N–H and O–H groups in total. The van der Waals surface area contributed by atoms with Crippen molar-refractivity contribution >= 4 is 34.8 Å². The first kappa shape index (κ1) is 30.3. The molecule has 12 nitrogen and oxygen atoms in total. The van der Waals surface area contributed by atoms with Crippen LogP contribution in [0.15, 0.2) is 60.9 Å². The second-order valence-corrected chi connectivity index (χ2v) is 12.1. The first-order valence-electron chi connectivity index (χ1n) is 15.9. The molecule has 0 saturated carbocycles. The number of nitrogens with zero attached hydrogens (tertiary/aromatic N) is 7. The minimum atomic E-state index is -0.193. The molecule has 2 aliphatic heterocycles. The van der Waals surface area contributed by atoms with E-state index in [2.05, 4.69) is 57.4 Å². The van der Waals surface area contributed by atoms with Gasteiger partial charge in [-0.15, -0.1) is 5.10 Å². The Morgan fingerprint density at radius 1 is 1.00 bits per heavy atom.